The van der Waals surface area contributed by atoms with Gasteiger partial charge < -0.3 is 0 Å². The fourth-order valence-corrected chi connectivity index (χ4v) is 10.7. The van der Waals surface area contributed by atoms with Gasteiger partial charge in [-0.1, -0.05) is 127 Å². The third-order valence-corrected chi connectivity index (χ3v) is 12.4. The minimum absolute atomic E-state index is 1.34. The van der Waals surface area contributed by atoms with Gasteiger partial charge in [0.15, 0.2) is 0 Å². The highest BCUT2D eigenvalue weighted by Gasteiger charge is 2.28. The molecule has 0 heterocycles. The lowest BCUT2D eigenvalue weighted by Crippen LogP contribution is -1.98. The van der Waals surface area contributed by atoms with Gasteiger partial charge in [0, 0.05) is 0 Å². The Morgan fingerprint density at radius 3 is 0.771 bits per heavy atom. The van der Waals surface area contributed by atoms with Crippen molar-refractivity contribution in [3.8, 4) is 0 Å². The lowest BCUT2D eigenvalue weighted by Gasteiger charge is -2.26. The second-order valence-electron chi connectivity index (χ2n) is 14.2. The average molecular weight is 599 g/mol. The van der Waals surface area contributed by atoms with Crippen molar-refractivity contribution in [1.82, 2.24) is 0 Å². The van der Waals surface area contributed by atoms with E-state index in [1.807, 2.05) is 0 Å². The number of rotatable bonds is 0. The van der Waals surface area contributed by atoms with E-state index in [0.717, 1.165) is 0 Å². The van der Waals surface area contributed by atoms with Gasteiger partial charge in [-0.15, -0.1) is 0 Å². The first kappa shape index (κ1) is 23.1. The summed E-state index contributed by atoms with van der Waals surface area (Å²) >= 11 is 0. The molecule has 0 amide bonds. The third kappa shape index (κ3) is 2.23. The molecule has 0 bridgehead atoms. The van der Waals surface area contributed by atoms with E-state index in [1.165, 1.54) is 140 Å². The highest BCUT2D eigenvalue weighted by Crippen LogP contribution is 2.57. The number of benzene rings is 14. The molecule has 0 saturated carbocycles. The quantitative estimate of drug-likeness (QED) is 0.120. The molecule has 0 unspecified atom stereocenters. The van der Waals surface area contributed by atoms with Gasteiger partial charge in [-0.3, -0.25) is 0 Å². The highest BCUT2D eigenvalue weighted by atomic mass is 14.3. The molecular formula is C48H22. The van der Waals surface area contributed by atoms with Crippen LogP contribution >= 0.6 is 0 Å². The minimum atomic E-state index is 1.34. The zero-order valence-corrected chi connectivity index (χ0v) is 25.7. The van der Waals surface area contributed by atoms with Crippen LogP contribution in [0.5, 0.6) is 0 Å². The Morgan fingerprint density at radius 1 is 0.146 bits per heavy atom. The second-order valence-corrected chi connectivity index (χ2v) is 14.2. The molecule has 0 radical (unpaired) electrons. The molecule has 0 aliphatic carbocycles. The molecule has 0 nitrogen and oxygen atoms in total. The van der Waals surface area contributed by atoms with Crippen LogP contribution in [0.25, 0.3) is 140 Å². The Balaban J connectivity index is 1.44. The Bertz CT molecular complexity index is 3470. The van der Waals surface area contributed by atoms with Gasteiger partial charge in [0.05, 0.1) is 0 Å². The molecule has 0 aliphatic heterocycles. The van der Waals surface area contributed by atoms with Crippen molar-refractivity contribution in [2.75, 3.05) is 0 Å². The smallest absolute Gasteiger partial charge is 0.0000922 e. The van der Waals surface area contributed by atoms with Crippen LogP contribution in [-0.4, -0.2) is 0 Å². The Kier molecular flexibility index (Phi) is 3.53. The molecule has 0 fully saturated rings. The van der Waals surface area contributed by atoms with Crippen molar-refractivity contribution in [2.24, 2.45) is 0 Å². The Hall–Kier alpha value is -6.24. The summed E-state index contributed by atoms with van der Waals surface area (Å²) in [7, 11) is 0. The van der Waals surface area contributed by atoms with Crippen LogP contribution in [0.2, 0.25) is 0 Å². The third-order valence-electron chi connectivity index (χ3n) is 12.4. The van der Waals surface area contributed by atoms with E-state index >= 15 is 0 Å². The molecule has 14 aromatic carbocycles. The molecule has 0 spiro atoms. The van der Waals surface area contributed by atoms with Gasteiger partial charge in [-0.2, -0.15) is 0 Å². The summed E-state index contributed by atoms with van der Waals surface area (Å²) < 4.78 is 0. The number of hydrogen-bond donors (Lipinski definition) is 0. The van der Waals surface area contributed by atoms with Crippen molar-refractivity contribution in [3.63, 3.8) is 0 Å². The normalized spacial score (nSPS) is 13.4. The van der Waals surface area contributed by atoms with E-state index in [1.54, 1.807) is 0 Å². The van der Waals surface area contributed by atoms with Crippen molar-refractivity contribution in [3.05, 3.63) is 133 Å². The van der Waals surface area contributed by atoms with Crippen LogP contribution in [0.1, 0.15) is 0 Å². The lowest BCUT2D eigenvalue weighted by atomic mass is 9.76. The predicted octanol–water partition coefficient (Wildman–Crippen LogP) is 13.9. The maximum atomic E-state index is 2.58. The van der Waals surface area contributed by atoms with Crippen molar-refractivity contribution in [2.45, 2.75) is 0 Å². The van der Waals surface area contributed by atoms with Gasteiger partial charge in [0.25, 0.3) is 0 Å². The van der Waals surface area contributed by atoms with Crippen LogP contribution < -0.4 is 0 Å². The van der Waals surface area contributed by atoms with Gasteiger partial charge in [-0.25, -0.2) is 0 Å². The van der Waals surface area contributed by atoms with Crippen molar-refractivity contribution < 1.29 is 0 Å². The molecule has 214 valence electrons. The maximum absolute atomic E-state index is 2.58. The summed E-state index contributed by atoms with van der Waals surface area (Å²) in [5.41, 5.74) is 0. The summed E-state index contributed by atoms with van der Waals surface area (Å²) in [5.74, 6) is 0. The van der Waals surface area contributed by atoms with Crippen LogP contribution in [0.4, 0.5) is 0 Å². The maximum Gasteiger partial charge on any atom is -0.0000922 e. The number of fused-ring (bicyclic) bond motifs is 10. The fourth-order valence-electron chi connectivity index (χ4n) is 10.7. The zero-order valence-electron chi connectivity index (χ0n) is 25.7. The van der Waals surface area contributed by atoms with E-state index in [9.17, 15) is 0 Å². The summed E-state index contributed by atoms with van der Waals surface area (Å²) in [6.45, 7) is 0. The zero-order chi connectivity index (χ0) is 30.6. The molecule has 0 N–H and O–H groups in total. The molecule has 0 heteroatoms. The highest BCUT2D eigenvalue weighted by molar-refractivity contribution is 6.56. The molecule has 0 aromatic heterocycles. The minimum Gasteiger partial charge on any atom is -0.0616 e. The van der Waals surface area contributed by atoms with E-state index in [-0.39, 0.29) is 0 Å². The summed E-state index contributed by atoms with van der Waals surface area (Å²) in [6, 6.07) is 51.4. The fraction of sp³-hybridized carbons (Fsp3) is 0. The van der Waals surface area contributed by atoms with Crippen LogP contribution in [0, 0.1) is 0 Å². The summed E-state index contributed by atoms with van der Waals surface area (Å²) in [6.07, 6.45) is 0. The molecule has 14 rings (SSSR count). The molecule has 14 aromatic rings. The number of hydrogen-bond acceptors (Lipinski definition) is 0. The van der Waals surface area contributed by atoms with E-state index < -0.39 is 0 Å². The molecular weight excluding hydrogens is 577 g/mol. The van der Waals surface area contributed by atoms with Gasteiger partial charge >= 0.3 is 0 Å². The van der Waals surface area contributed by atoms with E-state index in [4.69, 9.17) is 0 Å². The first-order valence-corrected chi connectivity index (χ1v) is 17.0. The first-order chi connectivity index (χ1) is 23.9. The molecule has 0 aliphatic rings. The SMILES string of the molecule is c1ccc2c(c1)c1cccc3c4cc5c6cccc7c8ccccc8c8ccc9c%10cccc%11c%12ccc2c(c13)c%12c4c(c%11%10)c5c9c8c76. The largest absolute Gasteiger partial charge is 0.0616 e. The Labute approximate surface area is 272 Å². The van der Waals surface area contributed by atoms with Gasteiger partial charge in [-0.05, 0) is 146 Å². The Morgan fingerprint density at radius 2 is 0.375 bits per heavy atom. The van der Waals surface area contributed by atoms with Crippen molar-refractivity contribution in [1.29, 1.82) is 0 Å². The van der Waals surface area contributed by atoms with Crippen molar-refractivity contribution >= 4 is 140 Å². The topological polar surface area (TPSA) is 0 Å². The average Bonchev–Trinajstić information content (AvgIpc) is 3.16. The summed E-state index contributed by atoms with van der Waals surface area (Å²) in [4.78, 5) is 0. The molecule has 0 saturated heterocycles. The van der Waals surface area contributed by atoms with E-state index in [0.29, 0.717) is 0 Å². The summed E-state index contributed by atoms with van der Waals surface area (Å²) in [5, 5.41) is 36.0. The molecule has 0 atom stereocenters. The predicted molar refractivity (Wildman–Crippen MR) is 210 cm³/mol. The van der Waals surface area contributed by atoms with Crippen LogP contribution in [0.15, 0.2) is 133 Å². The van der Waals surface area contributed by atoms with Crippen LogP contribution in [0.3, 0.4) is 0 Å². The van der Waals surface area contributed by atoms with Gasteiger partial charge in [0.2, 0.25) is 0 Å². The standard InChI is InChI=1S/C48H22/c1-3-10-25-23(8-1)27-12-5-16-31-37-22-38-32-17-6-13-28-24-9-2-4-11-26(24)34-19-21-36-30-15-7-14-29-35-20-18-33(25)42(39(27)31)44(35)46(37)48(41(29)30)47(38)45(36)43(34)40(28)32/h1-22H. The lowest BCUT2D eigenvalue weighted by molar-refractivity contribution is 1.80. The monoisotopic (exact) mass is 598 g/mol. The van der Waals surface area contributed by atoms with E-state index in [2.05, 4.69) is 133 Å². The molecule has 48 heavy (non-hydrogen) atoms. The first-order valence-electron chi connectivity index (χ1n) is 17.0. The van der Waals surface area contributed by atoms with Crippen LogP contribution in [-0.2, 0) is 0 Å². The second kappa shape index (κ2) is 7.33. The van der Waals surface area contributed by atoms with Gasteiger partial charge in [0.1, 0.15) is 0 Å².